The van der Waals surface area contributed by atoms with Gasteiger partial charge in [-0.2, -0.15) is 0 Å². The third-order valence-corrected chi connectivity index (χ3v) is 2.39. The van der Waals surface area contributed by atoms with E-state index in [1.807, 2.05) is 26.2 Å². The van der Waals surface area contributed by atoms with E-state index in [-0.39, 0.29) is 0 Å². The second-order valence-electron chi connectivity index (χ2n) is 2.01. The fourth-order valence-corrected chi connectivity index (χ4v) is 1.46. The molecule has 0 radical (unpaired) electrons. The Morgan fingerprint density at radius 2 is 2.00 bits per heavy atom. The van der Waals surface area contributed by atoms with E-state index in [1.165, 1.54) is 0 Å². The average Bonchev–Trinajstić information content (AvgIpc) is 2.20. The van der Waals surface area contributed by atoms with Gasteiger partial charge in [-0.15, -0.1) is 11.8 Å². The summed E-state index contributed by atoms with van der Waals surface area (Å²) in [6, 6.07) is 5.39. The van der Waals surface area contributed by atoms with Gasteiger partial charge in [0.1, 0.15) is 0 Å². The molecule has 0 saturated heterocycles. The maximum atomic E-state index is 10.3. The third-order valence-electron chi connectivity index (χ3n) is 1.33. The monoisotopic (exact) mass is 216 g/mol. The van der Waals surface area contributed by atoms with E-state index in [0.717, 1.165) is 11.2 Å². The molecule has 0 bridgehead atoms. The first-order chi connectivity index (χ1) is 6.27. The summed E-state index contributed by atoms with van der Waals surface area (Å²) in [4.78, 5) is 11.4. The summed E-state index contributed by atoms with van der Waals surface area (Å²) in [6.45, 7) is 4.00. The van der Waals surface area contributed by atoms with Gasteiger partial charge in [0, 0.05) is 10.5 Å². The summed E-state index contributed by atoms with van der Waals surface area (Å²) in [5.74, 6) is 0. The maximum absolute atomic E-state index is 10.3. The molecule has 1 aromatic carbocycles. The lowest BCUT2D eigenvalue weighted by atomic mass is 10.2. The molecule has 1 rings (SSSR count). The van der Waals surface area contributed by atoms with Crippen LogP contribution in [-0.2, 0) is 0 Å². The van der Waals surface area contributed by atoms with Crippen LogP contribution in [0.2, 0.25) is 5.02 Å². The molecule has 0 unspecified atom stereocenters. The SMILES string of the molecule is CC.CSc1ccc(C=O)c(Cl)c1. The molecule has 0 aliphatic rings. The number of benzene rings is 1. The Balaban J connectivity index is 0.000000671. The van der Waals surface area contributed by atoms with Crippen LogP contribution in [0.15, 0.2) is 23.1 Å². The number of hydrogen-bond donors (Lipinski definition) is 0. The number of carbonyl (C=O) groups is 1. The van der Waals surface area contributed by atoms with Gasteiger partial charge in [0.05, 0.1) is 5.02 Å². The molecule has 72 valence electrons. The van der Waals surface area contributed by atoms with Crippen molar-refractivity contribution < 1.29 is 4.79 Å². The Labute approximate surface area is 88.5 Å². The molecule has 0 amide bonds. The van der Waals surface area contributed by atoms with Crippen molar-refractivity contribution in [2.75, 3.05) is 6.26 Å². The second-order valence-corrected chi connectivity index (χ2v) is 3.29. The Bertz CT molecular complexity index is 274. The predicted molar refractivity (Wildman–Crippen MR) is 60.0 cm³/mol. The highest BCUT2D eigenvalue weighted by Gasteiger charge is 1.98. The highest BCUT2D eigenvalue weighted by atomic mass is 35.5. The average molecular weight is 217 g/mol. The van der Waals surface area contributed by atoms with Crippen LogP contribution in [0.25, 0.3) is 0 Å². The highest BCUT2D eigenvalue weighted by Crippen LogP contribution is 2.21. The minimum absolute atomic E-state index is 0.520. The molecule has 1 aromatic rings. The molecule has 3 heteroatoms. The van der Waals surface area contributed by atoms with E-state index < -0.39 is 0 Å². The zero-order chi connectivity index (χ0) is 10.3. The van der Waals surface area contributed by atoms with E-state index in [4.69, 9.17) is 11.6 Å². The molecule has 0 atom stereocenters. The number of thioether (sulfide) groups is 1. The first-order valence-electron chi connectivity index (χ1n) is 4.06. The fourth-order valence-electron chi connectivity index (χ4n) is 0.730. The number of hydrogen-bond acceptors (Lipinski definition) is 2. The van der Waals surface area contributed by atoms with Gasteiger partial charge in [-0.05, 0) is 24.5 Å². The van der Waals surface area contributed by atoms with Crippen molar-refractivity contribution in [2.24, 2.45) is 0 Å². The number of halogens is 1. The van der Waals surface area contributed by atoms with Crippen molar-refractivity contribution in [1.29, 1.82) is 0 Å². The summed E-state index contributed by atoms with van der Waals surface area (Å²) in [5, 5.41) is 0.520. The lowest BCUT2D eigenvalue weighted by Gasteiger charge is -1.98. The Morgan fingerprint density at radius 3 is 2.38 bits per heavy atom. The van der Waals surface area contributed by atoms with E-state index in [0.29, 0.717) is 10.6 Å². The summed E-state index contributed by atoms with van der Waals surface area (Å²) >= 11 is 7.37. The lowest BCUT2D eigenvalue weighted by Crippen LogP contribution is -1.81. The Kier molecular flexibility index (Phi) is 6.73. The molecule has 13 heavy (non-hydrogen) atoms. The first kappa shape index (κ1) is 12.5. The standard InChI is InChI=1S/C8H7ClOS.C2H6/c1-11-7-3-2-6(5-10)8(9)4-7;1-2/h2-5H,1H3;1-2H3. The van der Waals surface area contributed by atoms with Gasteiger partial charge in [-0.1, -0.05) is 25.4 Å². The summed E-state index contributed by atoms with van der Waals surface area (Å²) in [7, 11) is 0. The molecule has 1 nitrogen and oxygen atoms in total. The molecule has 0 aliphatic carbocycles. The van der Waals surface area contributed by atoms with E-state index in [1.54, 1.807) is 23.9 Å². The van der Waals surface area contributed by atoms with Crippen LogP contribution >= 0.6 is 23.4 Å². The van der Waals surface area contributed by atoms with Crippen LogP contribution in [-0.4, -0.2) is 12.5 Å². The van der Waals surface area contributed by atoms with Gasteiger partial charge in [0.2, 0.25) is 0 Å². The van der Waals surface area contributed by atoms with Crippen LogP contribution in [0.1, 0.15) is 24.2 Å². The van der Waals surface area contributed by atoms with Gasteiger partial charge in [-0.25, -0.2) is 0 Å². The van der Waals surface area contributed by atoms with E-state index in [9.17, 15) is 4.79 Å². The van der Waals surface area contributed by atoms with Crippen LogP contribution in [0.5, 0.6) is 0 Å². The largest absolute Gasteiger partial charge is 0.298 e. The van der Waals surface area contributed by atoms with Crippen molar-refractivity contribution >= 4 is 29.6 Å². The van der Waals surface area contributed by atoms with E-state index >= 15 is 0 Å². The molecule has 0 saturated carbocycles. The van der Waals surface area contributed by atoms with Gasteiger partial charge in [0.15, 0.2) is 6.29 Å². The van der Waals surface area contributed by atoms with Crippen LogP contribution < -0.4 is 0 Å². The zero-order valence-corrected chi connectivity index (χ0v) is 9.58. The molecule has 0 heterocycles. The van der Waals surface area contributed by atoms with Crippen molar-refractivity contribution in [3.8, 4) is 0 Å². The fraction of sp³-hybridized carbons (Fsp3) is 0.300. The van der Waals surface area contributed by atoms with E-state index in [2.05, 4.69) is 0 Å². The molecular formula is C10H13ClOS. The van der Waals surface area contributed by atoms with Gasteiger partial charge < -0.3 is 0 Å². The van der Waals surface area contributed by atoms with Crippen molar-refractivity contribution in [3.63, 3.8) is 0 Å². The highest BCUT2D eigenvalue weighted by molar-refractivity contribution is 7.98. The smallest absolute Gasteiger partial charge is 0.151 e. The van der Waals surface area contributed by atoms with Crippen LogP contribution in [0.3, 0.4) is 0 Å². The minimum atomic E-state index is 0.520. The third kappa shape index (κ3) is 3.83. The summed E-state index contributed by atoms with van der Waals surface area (Å²) in [5.41, 5.74) is 0.546. The van der Waals surface area contributed by atoms with Crippen LogP contribution in [0, 0.1) is 0 Å². The van der Waals surface area contributed by atoms with Crippen molar-refractivity contribution in [1.82, 2.24) is 0 Å². The molecular weight excluding hydrogens is 204 g/mol. The number of rotatable bonds is 2. The van der Waals surface area contributed by atoms with Crippen LogP contribution in [0.4, 0.5) is 0 Å². The topological polar surface area (TPSA) is 17.1 Å². The maximum Gasteiger partial charge on any atom is 0.151 e. The molecule has 0 fully saturated rings. The summed E-state index contributed by atoms with van der Waals surface area (Å²) < 4.78 is 0. The summed E-state index contributed by atoms with van der Waals surface area (Å²) in [6.07, 6.45) is 2.72. The number of aldehydes is 1. The quantitative estimate of drug-likeness (QED) is 0.551. The van der Waals surface area contributed by atoms with Gasteiger partial charge in [-0.3, -0.25) is 4.79 Å². The van der Waals surface area contributed by atoms with Gasteiger partial charge >= 0.3 is 0 Å². The lowest BCUT2D eigenvalue weighted by molar-refractivity contribution is 0.112. The van der Waals surface area contributed by atoms with Gasteiger partial charge in [0.25, 0.3) is 0 Å². The van der Waals surface area contributed by atoms with Crippen molar-refractivity contribution in [2.45, 2.75) is 18.7 Å². The Morgan fingerprint density at radius 1 is 1.38 bits per heavy atom. The molecule has 0 N–H and O–H groups in total. The second kappa shape index (κ2) is 6.98. The Hall–Kier alpha value is -0.470. The number of carbonyl (C=O) groups excluding carboxylic acids is 1. The normalized spacial score (nSPS) is 8.62. The molecule has 0 spiro atoms. The van der Waals surface area contributed by atoms with Crippen molar-refractivity contribution in [3.05, 3.63) is 28.8 Å². The first-order valence-corrected chi connectivity index (χ1v) is 5.67. The minimum Gasteiger partial charge on any atom is -0.298 e. The molecule has 0 aliphatic heterocycles. The zero-order valence-electron chi connectivity index (χ0n) is 8.00. The molecule has 0 aromatic heterocycles. The predicted octanol–water partition coefficient (Wildman–Crippen LogP) is 3.90.